The number of hydrogen-bond donors (Lipinski definition) is 1. The minimum absolute atomic E-state index is 0.444. The maximum Gasteiger partial charge on any atom is 0.139 e. The summed E-state index contributed by atoms with van der Waals surface area (Å²) >= 11 is 5.86. The molecule has 3 heterocycles. The number of aryl methyl sites for hydroxylation is 3. The summed E-state index contributed by atoms with van der Waals surface area (Å²) in [4.78, 5) is 16.4. The molecule has 29 heavy (non-hydrogen) atoms. The number of benzene rings is 1. The molecule has 0 unspecified atom stereocenters. The Kier molecular flexibility index (Phi) is 5.32. The van der Waals surface area contributed by atoms with E-state index in [-0.39, 0.29) is 0 Å². The van der Waals surface area contributed by atoms with Crippen molar-refractivity contribution in [3.8, 4) is 28.4 Å². The molecule has 0 spiro atoms. The van der Waals surface area contributed by atoms with E-state index in [1.54, 1.807) is 12.3 Å². The number of pyridine rings is 2. The molecule has 0 aliphatic carbocycles. The summed E-state index contributed by atoms with van der Waals surface area (Å²) < 4.78 is 6.06. The van der Waals surface area contributed by atoms with Crippen LogP contribution in [0.4, 0.5) is 0 Å². The number of nitrogens with zero attached hydrogens (tertiary/aromatic N) is 3. The van der Waals surface area contributed by atoms with Crippen molar-refractivity contribution in [2.75, 3.05) is 0 Å². The molecule has 4 rings (SSSR count). The Labute approximate surface area is 174 Å². The van der Waals surface area contributed by atoms with Crippen LogP contribution in [0.2, 0.25) is 5.15 Å². The number of nitrogens with one attached hydrogen (secondary N) is 1. The van der Waals surface area contributed by atoms with Crippen LogP contribution in [0.3, 0.4) is 0 Å². The lowest BCUT2D eigenvalue weighted by molar-refractivity contribution is 0.297. The quantitative estimate of drug-likeness (QED) is 0.434. The highest BCUT2D eigenvalue weighted by atomic mass is 35.5. The zero-order chi connectivity index (χ0) is 20.4. The molecular weight excluding hydrogens is 384 g/mol. The summed E-state index contributed by atoms with van der Waals surface area (Å²) in [6, 6.07) is 11.9. The molecule has 0 fully saturated rings. The van der Waals surface area contributed by atoms with E-state index in [0.717, 1.165) is 50.8 Å². The molecule has 0 saturated heterocycles. The van der Waals surface area contributed by atoms with Crippen molar-refractivity contribution in [2.45, 2.75) is 27.4 Å². The van der Waals surface area contributed by atoms with Gasteiger partial charge in [-0.2, -0.15) is 0 Å². The van der Waals surface area contributed by atoms with Gasteiger partial charge in [0.1, 0.15) is 23.3 Å². The Morgan fingerprint density at radius 1 is 0.862 bits per heavy atom. The van der Waals surface area contributed by atoms with Crippen LogP contribution in [0.15, 0.2) is 55.0 Å². The number of ether oxygens (including phenoxy) is 1. The average Bonchev–Trinajstić information content (AvgIpc) is 3.19. The van der Waals surface area contributed by atoms with Crippen LogP contribution >= 0.6 is 11.6 Å². The maximum atomic E-state index is 6.06. The van der Waals surface area contributed by atoms with E-state index in [4.69, 9.17) is 16.3 Å². The SMILES string of the molecule is Cc1ccc(COc2c(C)cc(-c3cnc(-c4ccc(Cl)nc4)[nH]3)cc2C)nc1. The number of H-pyrrole nitrogens is 1. The summed E-state index contributed by atoms with van der Waals surface area (Å²) in [7, 11) is 0. The van der Waals surface area contributed by atoms with Gasteiger partial charge in [-0.05, 0) is 67.8 Å². The number of imidazole rings is 1. The van der Waals surface area contributed by atoms with Crippen LogP contribution in [0.5, 0.6) is 5.75 Å². The van der Waals surface area contributed by atoms with Gasteiger partial charge in [-0.3, -0.25) is 4.98 Å². The summed E-state index contributed by atoms with van der Waals surface area (Å²) in [5.41, 5.74) is 7.06. The molecule has 5 nitrogen and oxygen atoms in total. The number of hydrogen-bond acceptors (Lipinski definition) is 4. The molecule has 6 heteroatoms. The molecule has 0 bridgehead atoms. The Morgan fingerprint density at radius 3 is 2.31 bits per heavy atom. The van der Waals surface area contributed by atoms with Gasteiger partial charge < -0.3 is 9.72 Å². The highest BCUT2D eigenvalue weighted by molar-refractivity contribution is 6.29. The van der Waals surface area contributed by atoms with Crippen LogP contribution in [0.25, 0.3) is 22.6 Å². The zero-order valence-corrected chi connectivity index (χ0v) is 17.3. The summed E-state index contributed by atoms with van der Waals surface area (Å²) in [6.45, 7) is 6.57. The fourth-order valence-corrected chi connectivity index (χ4v) is 3.31. The third kappa shape index (κ3) is 4.30. The van der Waals surface area contributed by atoms with E-state index in [1.165, 1.54) is 0 Å². The van der Waals surface area contributed by atoms with Crippen molar-refractivity contribution in [1.29, 1.82) is 0 Å². The molecule has 0 amide bonds. The second kappa shape index (κ2) is 8.05. The first-order valence-electron chi connectivity index (χ1n) is 9.32. The molecule has 0 aliphatic rings. The lowest BCUT2D eigenvalue weighted by Crippen LogP contribution is -2.01. The molecular formula is C23H21ClN4O. The predicted molar refractivity (Wildman–Crippen MR) is 115 cm³/mol. The molecule has 0 atom stereocenters. The fourth-order valence-electron chi connectivity index (χ4n) is 3.19. The van der Waals surface area contributed by atoms with E-state index in [1.807, 2.05) is 37.5 Å². The van der Waals surface area contributed by atoms with Gasteiger partial charge in [-0.1, -0.05) is 17.7 Å². The van der Waals surface area contributed by atoms with Crippen LogP contribution in [0.1, 0.15) is 22.4 Å². The lowest BCUT2D eigenvalue weighted by atomic mass is 10.0. The standard InChI is InChI=1S/C23H21ClN4O/c1-14-4-6-19(25-10-14)13-29-22-15(2)8-18(9-16(22)3)20-12-27-23(28-20)17-5-7-21(24)26-11-17/h4-12H,13H2,1-3H3,(H,27,28). The van der Waals surface area contributed by atoms with Crippen molar-refractivity contribution in [3.63, 3.8) is 0 Å². The monoisotopic (exact) mass is 404 g/mol. The largest absolute Gasteiger partial charge is 0.487 e. The number of aromatic amines is 1. The Bertz CT molecular complexity index is 1110. The third-order valence-corrected chi connectivity index (χ3v) is 4.91. The lowest BCUT2D eigenvalue weighted by Gasteiger charge is -2.13. The van der Waals surface area contributed by atoms with Crippen LogP contribution in [0, 0.1) is 20.8 Å². The Balaban J connectivity index is 1.55. The first-order chi connectivity index (χ1) is 14.0. The number of aromatic nitrogens is 4. The van der Waals surface area contributed by atoms with Gasteiger partial charge in [0.05, 0.1) is 17.6 Å². The van der Waals surface area contributed by atoms with Gasteiger partial charge in [0.2, 0.25) is 0 Å². The molecule has 0 radical (unpaired) electrons. The van der Waals surface area contributed by atoms with Gasteiger partial charge in [-0.25, -0.2) is 9.97 Å². The molecule has 0 saturated carbocycles. The molecule has 1 N–H and O–H groups in total. The topological polar surface area (TPSA) is 63.7 Å². The average molecular weight is 405 g/mol. The van der Waals surface area contributed by atoms with Crippen molar-refractivity contribution in [3.05, 3.63) is 82.5 Å². The van der Waals surface area contributed by atoms with Crippen LogP contribution in [-0.4, -0.2) is 19.9 Å². The van der Waals surface area contributed by atoms with E-state index in [0.29, 0.717) is 11.8 Å². The van der Waals surface area contributed by atoms with Gasteiger partial charge >= 0.3 is 0 Å². The van der Waals surface area contributed by atoms with Gasteiger partial charge in [0.25, 0.3) is 0 Å². The summed E-state index contributed by atoms with van der Waals surface area (Å²) in [5.74, 6) is 1.64. The molecule has 3 aromatic heterocycles. The highest BCUT2D eigenvalue weighted by Gasteiger charge is 2.11. The normalized spacial score (nSPS) is 10.9. The Hall–Kier alpha value is -3.18. The first kappa shape index (κ1) is 19.2. The van der Waals surface area contributed by atoms with Crippen molar-refractivity contribution in [1.82, 2.24) is 19.9 Å². The van der Waals surface area contributed by atoms with Gasteiger partial charge in [0, 0.05) is 23.5 Å². The minimum atomic E-state index is 0.444. The third-order valence-electron chi connectivity index (χ3n) is 4.68. The highest BCUT2D eigenvalue weighted by Crippen LogP contribution is 2.31. The van der Waals surface area contributed by atoms with Gasteiger partial charge in [0.15, 0.2) is 0 Å². The predicted octanol–water partition coefficient (Wildman–Crippen LogP) is 5.69. The molecule has 0 aliphatic heterocycles. The summed E-state index contributed by atoms with van der Waals surface area (Å²) in [6.07, 6.45) is 5.39. The van der Waals surface area contributed by atoms with Crippen LogP contribution < -0.4 is 4.74 Å². The second-order valence-corrected chi connectivity index (χ2v) is 7.46. The van der Waals surface area contributed by atoms with Crippen LogP contribution in [-0.2, 0) is 6.61 Å². The van der Waals surface area contributed by atoms with E-state index < -0.39 is 0 Å². The van der Waals surface area contributed by atoms with Crippen molar-refractivity contribution < 1.29 is 4.74 Å². The summed E-state index contributed by atoms with van der Waals surface area (Å²) in [5, 5.41) is 0.461. The molecule has 146 valence electrons. The number of rotatable bonds is 5. The van der Waals surface area contributed by atoms with Crippen molar-refractivity contribution >= 4 is 11.6 Å². The Morgan fingerprint density at radius 2 is 1.66 bits per heavy atom. The van der Waals surface area contributed by atoms with E-state index in [9.17, 15) is 0 Å². The van der Waals surface area contributed by atoms with E-state index in [2.05, 4.69) is 45.9 Å². The zero-order valence-electron chi connectivity index (χ0n) is 16.5. The molecule has 1 aromatic carbocycles. The fraction of sp³-hybridized carbons (Fsp3) is 0.174. The smallest absolute Gasteiger partial charge is 0.139 e. The van der Waals surface area contributed by atoms with E-state index >= 15 is 0 Å². The maximum absolute atomic E-state index is 6.06. The molecule has 4 aromatic rings. The van der Waals surface area contributed by atoms with Gasteiger partial charge in [-0.15, -0.1) is 0 Å². The minimum Gasteiger partial charge on any atom is -0.487 e. The number of halogens is 1. The second-order valence-electron chi connectivity index (χ2n) is 7.07. The van der Waals surface area contributed by atoms with Crippen molar-refractivity contribution in [2.24, 2.45) is 0 Å². The first-order valence-corrected chi connectivity index (χ1v) is 9.70.